The maximum atomic E-state index is 10.8. The van der Waals surface area contributed by atoms with Crippen molar-refractivity contribution in [2.45, 2.75) is 4.90 Å². The molecule has 0 amide bonds. The Morgan fingerprint density at radius 3 is 3.00 bits per heavy atom. The number of thioether (sulfide) groups is 1. The number of carbonyl (C=O) groups excluding carboxylic acids is 1. The first kappa shape index (κ1) is 12.1. The van der Waals surface area contributed by atoms with E-state index in [0.29, 0.717) is 5.69 Å². The average molecular weight is 288 g/mol. The standard InChI is InChI=1S/C10H10BrNO2S/c1-14-10(13)4-5-15-9-6-7(11)2-3-8(9)12/h2-6H,12H2,1H3. The van der Waals surface area contributed by atoms with Gasteiger partial charge >= 0.3 is 5.97 Å². The predicted molar refractivity (Wildman–Crippen MR) is 65.6 cm³/mol. The number of nitrogens with two attached hydrogens (primary N) is 1. The van der Waals surface area contributed by atoms with Crippen LogP contribution in [0.1, 0.15) is 0 Å². The van der Waals surface area contributed by atoms with Crippen molar-refractivity contribution in [3.8, 4) is 0 Å². The van der Waals surface area contributed by atoms with Crippen molar-refractivity contribution in [2.24, 2.45) is 0 Å². The molecule has 1 aromatic rings. The smallest absolute Gasteiger partial charge is 0.330 e. The Labute approximate surface area is 101 Å². The van der Waals surface area contributed by atoms with Crippen LogP contribution in [0.2, 0.25) is 0 Å². The van der Waals surface area contributed by atoms with Crippen molar-refractivity contribution in [1.29, 1.82) is 0 Å². The Hall–Kier alpha value is -0.940. The summed E-state index contributed by atoms with van der Waals surface area (Å²) in [4.78, 5) is 11.7. The lowest BCUT2D eigenvalue weighted by Gasteiger charge is -2.01. The van der Waals surface area contributed by atoms with E-state index in [9.17, 15) is 4.79 Å². The van der Waals surface area contributed by atoms with Crippen molar-refractivity contribution in [3.05, 3.63) is 34.2 Å². The van der Waals surface area contributed by atoms with Crippen molar-refractivity contribution >= 4 is 39.3 Å². The van der Waals surface area contributed by atoms with Gasteiger partial charge in [-0.05, 0) is 23.6 Å². The molecule has 0 aliphatic heterocycles. The molecule has 1 rings (SSSR count). The average Bonchev–Trinajstić information content (AvgIpc) is 2.23. The minimum atomic E-state index is -0.379. The van der Waals surface area contributed by atoms with Gasteiger partial charge < -0.3 is 10.5 Å². The quantitative estimate of drug-likeness (QED) is 0.402. The maximum Gasteiger partial charge on any atom is 0.330 e. The first-order valence-electron chi connectivity index (χ1n) is 4.09. The van der Waals surface area contributed by atoms with Crippen molar-refractivity contribution in [2.75, 3.05) is 12.8 Å². The fraction of sp³-hybridized carbons (Fsp3) is 0.100. The Balaban J connectivity index is 2.68. The van der Waals surface area contributed by atoms with Gasteiger partial charge in [0.2, 0.25) is 0 Å². The van der Waals surface area contributed by atoms with E-state index < -0.39 is 0 Å². The summed E-state index contributed by atoms with van der Waals surface area (Å²) in [5, 5.41) is 1.64. The predicted octanol–water partition coefficient (Wildman–Crippen LogP) is 2.81. The number of benzene rings is 1. The molecular formula is C10H10BrNO2S. The van der Waals surface area contributed by atoms with E-state index in [4.69, 9.17) is 5.73 Å². The van der Waals surface area contributed by atoms with Crippen LogP contribution < -0.4 is 5.73 Å². The zero-order chi connectivity index (χ0) is 11.3. The van der Waals surface area contributed by atoms with Crippen LogP contribution in [-0.4, -0.2) is 13.1 Å². The third-order valence-electron chi connectivity index (χ3n) is 1.58. The Morgan fingerprint density at radius 2 is 2.33 bits per heavy atom. The molecule has 0 aromatic heterocycles. The van der Waals surface area contributed by atoms with Crippen LogP contribution in [0.15, 0.2) is 39.1 Å². The third-order valence-corrected chi connectivity index (χ3v) is 2.95. The zero-order valence-corrected chi connectivity index (χ0v) is 10.5. The van der Waals surface area contributed by atoms with Gasteiger partial charge in [-0.15, -0.1) is 0 Å². The second kappa shape index (κ2) is 5.82. The summed E-state index contributed by atoms with van der Waals surface area (Å²) in [6, 6.07) is 5.56. The first-order valence-corrected chi connectivity index (χ1v) is 5.77. The second-order valence-electron chi connectivity index (χ2n) is 2.63. The van der Waals surface area contributed by atoms with Gasteiger partial charge in [0, 0.05) is 21.1 Å². The highest BCUT2D eigenvalue weighted by atomic mass is 79.9. The number of hydrogen-bond donors (Lipinski definition) is 1. The van der Waals surface area contributed by atoms with E-state index in [-0.39, 0.29) is 5.97 Å². The van der Waals surface area contributed by atoms with Gasteiger partial charge in [-0.1, -0.05) is 27.7 Å². The molecule has 0 saturated heterocycles. The highest BCUT2D eigenvalue weighted by Gasteiger charge is 1.99. The molecule has 0 radical (unpaired) electrons. The van der Waals surface area contributed by atoms with Crippen molar-refractivity contribution < 1.29 is 9.53 Å². The number of ether oxygens (including phenoxy) is 1. The van der Waals surface area contributed by atoms with E-state index in [2.05, 4.69) is 20.7 Å². The number of anilines is 1. The zero-order valence-electron chi connectivity index (χ0n) is 8.07. The molecular weight excluding hydrogens is 278 g/mol. The van der Waals surface area contributed by atoms with E-state index in [1.165, 1.54) is 24.9 Å². The summed E-state index contributed by atoms with van der Waals surface area (Å²) in [5.74, 6) is -0.379. The summed E-state index contributed by atoms with van der Waals surface area (Å²) in [5.41, 5.74) is 6.43. The van der Waals surface area contributed by atoms with Crippen LogP contribution in [-0.2, 0) is 9.53 Å². The Morgan fingerprint density at radius 1 is 1.60 bits per heavy atom. The molecule has 0 atom stereocenters. The molecule has 0 aliphatic rings. The monoisotopic (exact) mass is 287 g/mol. The number of esters is 1. The summed E-state index contributed by atoms with van der Waals surface area (Å²) in [6.07, 6.45) is 1.35. The van der Waals surface area contributed by atoms with Crippen LogP contribution in [0.25, 0.3) is 0 Å². The normalized spacial score (nSPS) is 10.5. The highest BCUT2D eigenvalue weighted by Crippen LogP contribution is 2.28. The van der Waals surface area contributed by atoms with Gasteiger partial charge in [0.05, 0.1) is 7.11 Å². The number of methoxy groups -OCH3 is 1. The fourth-order valence-corrected chi connectivity index (χ4v) is 2.08. The summed E-state index contributed by atoms with van der Waals surface area (Å²) in [6.45, 7) is 0. The van der Waals surface area contributed by atoms with Gasteiger partial charge in [-0.2, -0.15) is 0 Å². The molecule has 0 saturated carbocycles. The van der Waals surface area contributed by atoms with Crippen LogP contribution in [0, 0.1) is 0 Å². The Bertz CT molecular complexity index is 393. The van der Waals surface area contributed by atoms with Crippen LogP contribution >= 0.6 is 27.7 Å². The Kier molecular flexibility index (Phi) is 4.71. The summed E-state index contributed by atoms with van der Waals surface area (Å²) < 4.78 is 5.41. The summed E-state index contributed by atoms with van der Waals surface area (Å²) in [7, 11) is 1.34. The molecule has 0 bridgehead atoms. The third kappa shape index (κ3) is 3.97. The molecule has 0 heterocycles. The van der Waals surface area contributed by atoms with Gasteiger partial charge in [-0.25, -0.2) is 4.79 Å². The maximum absolute atomic E-state index is 10.8. The van der Waals surface area contributed by atoms with E-state index in [1.54, 1.807) is 11.5 Å². The molecule has 0 fully saturated rings. The molecule has 0 unspecified atom stereocenters. The first-order chi connectivity index (χ1) is 7.13. The van der Waals surface area contributed by atoms with Crippen molar-refractivity contribution in [3.63, 3.8) is 0 Å². The van der Waals surface area contributed by atoms with Crippen LogP contribution in [0.5, 0.6) is 0 Å². The fourth-order valence-electron chi connectivity index (χ4n) is 0.841. The molecule has 15 heavy (non-hydrogen) atoms. The number of hydrogen-bond acceptors (Lipinski definition) is 4. The molecule has 2 N–H and O–H groups in total. The molecule has 1 aromatic carbocycles. The molecule has 0 aliphatic carbocycles. The lowest BCUT2D eigenvalue weighted by atomic mass is 10.3. The minimum Gasteiger partial charge on any atom is -0.466 e. The number of halogens is 1. The molecule has 80 valence electrons. The number of carbonyl (C=O) groups is 1. The lowest BCUT2D eigenvalue weighted by molar-refractivity contribution is -0.134. The summed E-state index contributed by atoms with van der Waals surface area (Å²) >= 11 is 4.71. The van der Waals surface area contributed by atoms with E-state index in [1.807, 2.05) is 12.1 Å². The topological polar surface area (TPSA) is 52.3 Å². The van der Waals surface area contributed by atoms with Gasteiger partial charge in [0.1, 0.15) is 0 Å². The highest BCUT2D eigenvalue weighted by molar-refractivity contribution is 9.10. The van der Waals surface area contributed by atoms with E-state index in [0.717, 1.165) is 9.37 Å². The van der Waals surface area contributed by atoms with Crippen LogP contribution in [0.3, 0.4) is 0 Å². The SMILES string of the molecule is COC(=O)C=CSc1cc(Br)ccc1N. The lowest BCUT2D eigenvalue weighted by Crippen LogP contribution is -1.93. The van der Waals surface area contributed by atoms with Crippen molar-refractivity contribution in [1.82, 2.24) is 0 Å². The van der Waals surface area contributed by atoms with Crippen LogP contribution in [0.4, 0.5) is 5.69 Å². The molecule has 5 heteroatoms. The number of rotatable bonds is 3. The molecule has 3 nitrogen and oxygen atoms in total. The minimum absolute atomic E-state index is 0.379. The second-order valence-corrected chi connectivity index (χ2v) is 4.49. The van der Waals surface area contributed by atoms with Gasteiger partial charge in [-0.3, -0.25) is 0 Å². The largest absolute Gasteiger partial charge is 0.466 e. The van der Waals surface area contributed by atoms with Gasteiger partial charge in [0.15, 0.2) is 0 Å². The van der Waals surface area contributed by atoms with E-state index >= 15 is 0 Å². The number of nitrogen functional groups attached to an aromatic ring is 1. The molecule has 0 spiro atoms. The van der Waals surface area contributed by atoms with Gasteiger partial charge in [0.25, 0.3) is 0 Å².